The second-order valence-electron chi connectivity index (χ2n) is 9.34. The largest absolute Gasteiger partial charge is 0.376 e. The highest BCUT2D eigenvalue weighted by Gasteiger charge is 2.45. The van der Waals surface area contributed by atoms with E-state index in [1.165, 1.54) is 11.5 Å². The third kappa shape index (κ3) is 5.64. The number of hydrogen-bond acceptors (Lipinski definition) is 6. The van der Waals surface area contributed by atoms with Crippen LogP contribution in [-0.2, 0) is 27.5 Å². The molecule has 1 saturated carbocycles. The molecule has 3 N–H and O–H groups in total. The van der Waals surface area contributed by atoms with Gasteiger partial charge in [-0.2, -0.15) is 4.98 Å². The van der Waals surface area contributed by atoms with Crippen molar-refractivity contribution in [1.82, 2.24) is 19.5 Å². The summed E-state index contributed by atoms with van der Waals surface area (Å²) < 4.78 is 14.0. The molecule has 2 heterocycles. The molecule has 0 spiro atoms. The van der Waals surface area contributed by atoms with Gasteiger partial charge in [0.2, 0.25) is 11.9 Å². The first-order chi connectivity index (χ1) is 18.4. The van der Waals surface area contributed by atoms with Crippen LogP contribution < -0.4 is 16.6 Å². The molecule has 1 amide bonds. The summed E-state index contributed by atoms with van der Waals surface area (Å²) in [4.78, 5) is 46.5. The van der Waals surface area contributed by atoms with Gasteiger partial charge in [0, 0.05) is 17.7 Å². The standard InChI is InChI=1S/C27H28BrN5O5/c1-16(34)29-26-31-24-23(25(35)32-26)30-27(36)33(24)20-12-21(38-14-18-10-6-3-7-11-18)19(22(20)28)15-37-13-17-8-4-2-5-9-17/h2-11,19-22H,12-15H2,1H3,(H,30,36)(H2,29,31,32,34,35)/t19-,20+,21+,22+/m1/s1. The van der Waals surface area contributed by atoms with Crippen LogP contribution in [0.2, 0.25) is 0 Å². The summed E-state index contributed by atoms with van der Waals surface area (Å²) in [6, 6.07) is 19.4. The van der Waals surface area contributed by atoms with Crippen LogP contribution in [0.25, 0.3) is 11.2 Å². The predicted molar refractivity (Wildman–Crippen MR) is 146 cm³/mol. The number of imidazole rings is 1. The van der Waals surface area contributed by atoms with E-state index >= 15 is 0 Å². The maximum atomic E-state index is 13.1. The Morgan fingerprint density at radius 3 is 2.37 bits per heavy atom. The molecule has 11 heteroatoms. The third-order valence-electron chi connectivity index (χ3n) is 6.66. The van der Waals surface area contributed by atoms with Gasteiger partial charge in [0.25, 0.3) is 5.56 Å². The fourth-order valence-corrected chi connectivity index (χ4v) is 5.83. The normalized spacial score (nSPS) is 21.1. The van der Waals surface area contributed by atoms with Crippen molar-refractivity contribution in [3.05, 3.63) is 92.6 Å². The average Bonchev–Trinajstić information content (AvgIpc) is 3.39. The van der Waals surface area contributed by atoms with Gasteiger partial charge in [-0.25, -0.2) is 4.79 Å². The fraction of sp³-hybridized carbons (Fsp3) is 0.333. The number of halogens is 1. The van der Waals surface area contributed by atoms with E-state index in [2.05, 4.69) is 36.2 Å². The van der Waals surface area contributed by atoms with Crippen LogP contribution in [0.4, 0.5) is 5.95 Å². The molecule has 1 fully saturated rings. The minimum atomic E-state index is -0.543. The Morgan fingerprint density at radius 1 is 1.05 bits per heavy atom. The van der Waals surface area contributed by atoms with E-state index in [4.69, 9.17) is 9.47 Å². The number of carbonyl (C=O) groups is 1. The third-order valence-corrected chi connectivity index (χ3v) is 7.95. The van der Waals surface area contributed by atoms with Gasteiger partial charge in [-0.3, -0.25) is 29.4 Å². The molecular formula is C27H28BrN5O5. The lowest BCUT2D eigenvalue weighted by Crippen LogP contribution is -2.30. The molecule has 0 aliphatic heterocycles. The lowest BCUT2D eigenvalue weighted by molar-refractivity contribution is -0.114. The smallest absolute Gasteiger partial charge is 0.328 e. The van der Waals surface area contributed by atoms with Crippen molar-refractivity contribution in [2.24, 2.45) is 5.92 Å². The molecule has 198 valence electrons. The molecule has 0 unspecified atom stereocenters. The number of nitrogens with one attached hydrogen (secondary N) is 3. The van der Waals surface area contributed by atoms with Crippen LogP contribution in [-0.4, -0.2) is 43.0 Å². The zero-order valence-electron chi connectivity index (χ0n) is 20.7. The molecule has 0 radical (unpaired) electrons. The number of nitrogens with zero attached hydrogens (tertiary/aromatic N) is 2. The minimum Gasteiger partial charge on any atom is -0.376 e. The number of benzene rings is 2. The number of hydrogen-bond donors (Lipinski definition) is 3. The minimum absolute atomic E-state index is 0.0218. The number of amides is 1. The van der Waals surface area contributed by atoms with Crippen molar-refractivity contribution in [1.29, 1.82) is 0 Å². The quantitative estimate of drug-likeness (QED) is 0.259. The summed E-state index contributed by atoms with van der Waals surface area (Å²) in [6.07, 6.45) is 0.271. The van der Waals surface area contributed by atoms with Crippen LogP contribution in [0.15, 0.2) is 70.3 Å². The van der Waals surface area contributed by atoms with Crippen LogP contribution in [0, 0.1) is 5.92 Å². The number of ether oxygens (including phenoxy) is 2. The Bertz CT molecular complexity index is 1520. The summed E-state index contributed by atoms with van der Waals surface area (Å²) in [6.45, 7) is 2.59. The molecule has 1 aliphatic rings. The van der Waals surface area contributed by atoms with Crippen LogP contribution >= 0.6 is 15.9 Å². The fourth-order valence-electron chi connectivity index (χ4n) is 4.88. The zero-order valence-corrected chi connectivity index (χ0v) is 22.3. The first kappa shape index (κ1) is 26.1. The number of carbonyl (C=O) groups excluding carboxylic acids is 1. The Morgan fingerprint density at radius 2 is 1.71 bits per heavy atom. The van der Waals surface area contributed by atoms with Gasteiger partial charge < -0.3 is 9.47 Å². The molecule has 1 aliphatic carbocycles. The maximum absolute atomic E-state index is 13.1. The highest BCUT2D eigenvalue weighted by Crippen LogP contribution is 2.42. The van der Waals surface area contributed by atoms with Gasteiger partial charge in [-0.1, -0.05) is 76.6 Å². The molecule has 4 aromatic rings. The molecule has 2 aromatic carbocycles. The highest BCUT2D eigenvalue weighted by molar-refractivity contribution is 9.09. The first-order valence-corrected chi connectivity index (χ1v) is 13.3. The van der Waals surface area contributed by atoms with Crippen molar-refractivity contribution in [3.63, 3.8) is 0 Å². The molecular weight excluding hydrogens is 554 g/mol. The number of aromatic amines is 2. The van der Waals surface area contributed by atoms with E-state index < -0.39 is 11.2 Å². The van der Waals surface area contributed by atoms with Crippen molar-refractivity contribution in [3.8, 4) is 0 Å². The monoisotopic (exact) mass is 581 g/mol. The second-order valence-corrected chi connectivity index (χ2v) is 10.4. The lowest BCUT2D eigenvalue weighted by Gasteiger charge is -2.23. The van der Waals surface area contributed by atoms with E-state index in [-0.39, 0.29) is 45.9 Å². The SMILES string of the molecule is CC(=O)Nc1nc2c([nH]c(=O)n2[C@H]2C[C@H](OCc3ccccc3)[C@@H](COCc3ccccc3)[C@@H]2Br)c(=O)[nH]1. The van der Waals surface area contributed by atoms with E-state index in [1.807, 2.05) is 60.7 Å². The van der Waals surface area contributed by atoms with Gasteiger partial charge in [-0.15, -0.1) is 0 Å². The highest BCUT2D eigenvalue weighted by atomic mass is 79.9. The van der Waals surface area contributed by atoms with Crippen LogP contribution in [0.1, 0.15) is 30.5 Å². The van der Waals surface area contributed by atoms with E-state index in [9.17, 15) is 14.4 Å². The Labute approximate surface area is 226 Å². The summed E-state index contributed by atoms with van der Waals surface area (Å²) >= 11 is 3.83. The van der Waals surface area contributed by atoms with Crippen LogP contribution in [0.5, 0.6) is 0 Å². The van der Waals surface area contributed by atoms with Gasteiger partial charge >= 0.3 is 5.69 Å². The summed E-state index contributed by atoms with van der Waals surface area (Å²) in [5, 5.41) is 2.48. The second kappa shape index (κ2) is 11.5. The lowest BCUT2D eigenvalue weighted by atomic mass is 10.1. The molecule has 10 nitrogen and oxygen atoms in total. The average molecular weight is 582 g/mol. The first-order valence-electron chi connectivity index (χ1n) is 12.3. The summed E-state index contributed by atoms with van der Waals surface area (Å²) in [5.74, 6) is -0.492. The van der Waals surface area contributed by atoms with Gasteiger partial charge in [-0.05, 0) is 17.5 Å². The topological polar surface area (TPSA) is 131 Å². The number of alkyl halides is 1. The molecule has 4 atom stereocenters. The van der Waals surface area contributed by atoms with E-state index in [0.29, 0.717) is 26.2 Å². The molecule has 5 rings (SSSR count). The van der Waals surface area contributed by atoms with Crippen molar-refractivity contribution in [2.45, 2.75) is 43.5 Å². The number of aromatic nitrogens is 4. The van der Waals surface area contributed by atoms with E-state index in [1.54, 1.807) is 0 Å². The van der Waals surface area contributed by atoms with Gasteiger partial charge in [0.05, 0.1) is 32.0 Å². The molecule has 38 heavy (non-hydrogen) atoms. The number of H-pyrrole nitrogens is 2. The van der Waals surface area contributed by atoms with Crippen LogP contribution in [0.3, 0.4) is 0 Å². The molecule has 0 bridgehead atoms. The Kier molecular flexibility index (Phi) is 7.87. The van der Waals surface area contributed by atoms with Crippen molar-refractivity contribution in [2.75, 3.05) is 11.9 Å². The number of rotatable bonds is 9. The number of anilines is 1. The van der Waals surface area contributed by atoms with Gasteiger partial charge in [0.1, 0.15) is 0 Å². The zero-order chi connectivity index (χ0) is 26.6. The van der Waals surface area contributed by atoms with Gasteiger partial charge in [0.15, 0.2) is 11.2 Å². The number of fused-ring (bicyclic) bond motifs is 1. The van der Waals surface area contributed by atoms with Crippen molar-refractivity contribution < 1.29 is 14.3 Å². The van der Waals surface area contributed by atoms with Crippen molar-refractivity contribution >= 4 is 38.9 Å². The Balaban J connectivity index is 1.43. The maximum Gasteiger partial charge on any atom is 0.328 e. The molecule has 2 aromatic heterocycles. The summed E-state index contributed by atoms with van der Waals surface area (Å²) in [5.41, 5.74) is 1.33. The van der Waals surface area contributed by atoms with E-state index in [0.717, 1.165) is 11.1 Å². The molecule has 0 saturated heterocycles. The Hall–Kier alpha value is -3.54. The predicted octanol–water partition coefficient (Wildman–Crippen LogP) is 3.50. The summed E-state index contributed by atoms with van der Waals surface area (Å²) in [7, 11) is 0.